The highest BCUT2D eigenvalue weighted by Gasteiger charge is 2.28. The van der Waals surface area contributed by atoms with Gasteiger partial charge in [-0.2, -0.15) is 0 Å². The van der Waals surface area contributed by atoms with E-state index >= 15 is 0 Å². The van der Waals surface area contributed by atoms with Crippen LogP contribution in [0.4, 0.5) is 0 Å². The summed E-state index contributed by atoms with van der Waals surface area (Å²) in [4.78, 5) is 0. The highest BCUT2D eigenvalue weighted by molar-refractivity contribution is 4.65. The summed E-state index contributed by atoms with van der Waals surface area (Å²) < 4.78 is 3.48. The van der Waals surface area contributed by atoms with Crippen LogP contribution in [-0.4, -0.2) is 94.5 Å². The normalized spacial score (nSPS) is 11.9. The van der Waals surface area contributed by atoms with Crippen molar-refractivity contribution < 1.29 is 64.4 Å². The largest absolute Gasteiger partial charge is 1.00 e. The highest BCUT2D eigenvalue weighted by Crippen LogP contribution is 2.16. The Morgan fingerprint density at radius 3 is 0.760 bits per heavy atom. The summed E-state index contributed by atoms with van der Waals surface area (Å²) in [5.74, 6) is 0. The summed E-state index contributed by atoms with van der Waals surface area (Å²) >= 11 is 0. The van der Waals surface area contributed by atoms with Gasteiger partial charge in [0.1, 0.15) is 26.2 Å². The van der Waals surface area contributed by atoms with Gasteiger partial charge in [-0.15, -0.1) is 0 Å². The third-order valence-electron chi connectivity index (χ3n) is 11.3. The lowest BCUT2D eigenvalue weighted by Crippen LogP contribution is -3.00. The second kappa shape index (κ2) is 39.7. The molecular weight excluding hydrogens is 810 g/mol. The molecule has 0 radical (unpaired) electrons. The number of hydrogen-bond donors (Lipinski definition) is 0. The molecule has 0 saturated carbocycles. The summed E-state index contributed by atoms with van der Waals surface area (Å²) in [6.07, 6.45) is 42.6. The van der Waals surface area contributed by atoms with Gasteiger partial charge in [-0.05, 0) is 31.8 Å². The minimum absolute atomic E-state index is 0. The average molecular weight is 905 g/mol. The SMILES string of the molecule is C=CC[N+](C)(CC[N+](C)(C)CCCCCCCCCCCCCCCC)CC[N+](C)(C)CCCCCCCCCCCCCCCC.[Br-].[Br-].[Br-]. The molecule has 306 valence electrons. The summed E-state index contributed by atoms with van der Waals surface area (Å²) in [5, 5.41) is 0. The Balaban J connectivity index is -0.00000353. The zero-order chi connectivity index (χ0) is 35.0. The van der Waals surface area contributed by atoms with E-state index in [0.717, 1.165) is 11.0 Å². The molecule has 0 fully saturated rings. The molecule has 3 nitrogen and oxygen atoms in total. The number of nitrogens with zero attached hydrogens (tertiary/aromatic N) is 3. The van der Waals surface area contributed by atoms with E-state index in [0.29, 0.717) is 0 Å². The predicted octanol–water partition coefficient (Wildman–Crippen LogP) is 3.75. The first-order valence-electron chi connectivity index (χ1n) is 21.7. The molecule has 0 aliphatic carbocycles. The van der Waals surface area contributed by atoms with Gasteiger partial charge in [-0.25, -0.2) is 0 Å². The van der Waals surface area contributed by atoms with E-state index in [4.69, 9.17) is 0 Å². The van der Waals surface area contributed by atoms with E-state index in [1.54, 1.807) is 0 Å². The minimum atomic E-state index is 0. The van der Waals surface area contributed by atoms with E-state index in [9.17, 15) is 0 Å². The molecule has 0 aromatic rings. The second-order valence-electron chi connectivity index (χ2n) is 17.5. The molecule has 0 rings (SSSR count). The third kappa shape index (κ3) is 40.2. The van der Waals surface area contributed by atoms with Crippen molar-refractivity contribution in [3.63, 3.8) is 0 Å². The highest BCUT2D eigenvalue weighted by atomic mass is 79.9. The topological polar surface area (TPSA) is 0 Å². The summed E-state index contributed by atoms with van der Waals surface area (Å²) in [6.45, 7) is 17.6. The van der Waals surface area contributed by atoms with E-state index in [1.807, 2.05) is 0 Å². The Bertz CT molecular complexity index is 623. The number of rotatable bonds is 38. The van der Waals surface area contributed by atoms with Crippen LogP contribution >= 0.6 is 0 Å². The van der Waals surface area contributed by atoms with Crippen molar-refractivity contribution in [3.05, 3.63) is 12.7 Å². The first-order valence-corrected chi connectivity index (χ1v) is 21.7. The molecule has 0 amide bonds. The van der Waals surface area contributed by atoms with Gasteiger partial charge in [0.15, 0.2) is 0 Å². The fourth-order valence-electron chi connectivity index (χ4n) is 7.32. The van der Waals surface area contributed by atoms with E-state index < -0.39 is 0 Å². The molecule has 50 heavy (non-hydrogen) atoms. The Hall–Kier alpha value is 1.06. The maximum absolute atomic E-state index is 4.15. The molecule has 0 N–H and O–H groups in total. The third-order valence-corrected chi connectivity index (χ3v) is 11.3. The van der Waals surface area contributed by atoms with Crippen molar-refractivity contribution in [3.8, 4) is 0 Å². The Morgan fingerprint density at radius 2 is 0.540 bits per heavy atom. The van der Waals surface area contributed by atoms with Crippen LogP contribution in [0.2, 0.25) is 0 Å². The number of likely N-dealkylation sites (N-methyl/N-ethyl adjacent to an activating group) is 3. The average Bonchev–Trinajstić information content (AvgIpc) is 3.03. The molecule has 0 heterocycles. The van der Waals surface area contributed by atoms with Gasteiger partial charge < -0.3 is 64.4 Å². The monoisotopic (exact) mass is 901 g/mol. The fraction of sp³-hybridized carbons (Fsp3) is 0.955. The van der Waals surface area contributed by atoms with Crippen LogP contribution in [0.25, 0.3) is 0 Å². The first-order chi connectivity index (χ1) is 22.6. The standard InChI is InChI=1S/C44H94N3.3BrH/c1-9-12-14-16-18-20-22-24-26-28-30-32-34-36-39-45(4,5)41-43-47(8,38-11-3)44-42-46(6,7)40-37-35-33-31-29-27-25-23-21-19-17-15-13-10-2;;;/h11H,3,9-10,12-44H2,1-2,4-8H3;3*1H/q+3;;;/p-3. The van der Waals surface area contributed by atoms with Crippen LogP contribution in [0.5, 0.6) is 0 Å². The molecule has 0 aliphatic rings. The van der Waals surface area contributed by atoms with Crippen molar-refractivity contribution in [2.24, 2.45) is 0 Å². The van der Waals surface area contributed by atoms with E-state index in [1.165, 1.54) is 228 Å². The molecule has 0 aromatic carbocycles. The van der Waals surface area contributed by atoms with Gasteiger partial charge in [0.05, 0.1) is 54.9 Å². The van der Waals surface area contributed by atoms with Crippen molar-refractivity contribution >= 4 is 0 Å². The van der Waals surface area contributed by atoms with Crippen LogP contribution in [0, 0.1) is 0 Å². The van der Waals surface area contributed by atoms with Crippen molar-refractivity contribution in [2.45, 2.75) is 194 Å². The Kier molecular flexibility index (Phi) is 45.9. The molecule has 0 atom stereocenters. The van der Waals surface area contributed by atoms with Gasteiger partial charge in [0.2, 0.25) is 0 Å². The molecule has 0 saturated heterocycles. The van der Waals surface area contributed by atoms with Crippen LogP contribution in [0.15, 0.2) is 12.7 Å². The van der Waals surface area contributed by atoms with Gasteiger partial charge in [-0.3, -0.25) is 0 Å². The van der Waals surface area contributed by atoms with E-state index in [2.05, 4.69) is 61.7 Å². The van der Waals surface area contributed by atoms with Gasteiger partial charge in [0.25, 0.3) is 0 Å². The van der Waals surface area contributed by atoms with Gasteiger partial charge in [-0.1, -0.05) is 175 Å². The fourth-order valence-corrected chi connectivity index (χ4v) is 7.32. The van der Waals surface area contributed by atoms with Crippen molar-refractivity contribution in [1.29, 1.82) is 0 Å². The molecule has 0 unspecified atom stereocenters. The summed E-state index contributed by atoms with van der Waals surface area (Å²) in [7, 11) is 12.4. The van der Waals surface area contributed by atoms with Crippen molar-refractivity contribution in [1.82, 2.24) is 0 Å². The van der Waals surface area contributed by atoms with Crippen molar-refractivity contribution in [2.75, 3.05) is 81.1 Å². The van der Waals surface area contributed by atoms with Crippen LogP contribution < -0.4 is 50.9 Å². The quantitative estimate of drug-likeness (QED) is 0.0504. The lowest BCUT2D eigenvalue weighted by atomic mass is 10.0. The van der Waals surface area contributed by atoms with E-state index in [-0.39, 0.29) is 50.9 Å². The second-order valence-corrected chi connectivity index (χ2v) is 17.5. The zero-order valence-corrected chi connectivity index (χ0v) is 40.3. The minimum Gasteiger partial charge on any atom is -1.00 e. The molecule has 0 aliphatic heterocycles. The summed E-state index contributed by atoms with van der Waals surface area (Å²) in [6, 6.07) is 0. The predicted molar refractivity (Wildman–Crippen MR) is 215 cm³/mol. The van der Waals surface area contributed by atoms with Crippen LogP contribution in [0.3, 0.4) is 0 Å². The maximum Gasteiger partial charge on any atom is 0.129 e. The number of hydrogen-bond acceptors (Lipinski definition) is 0. The van der Waals surface area contributed by atoms with Crippen LogP contribution in [-0.2, 0) is 0 Å². The smallest absolute Gasteiger partial charge is 0.129 e. The number of quaternary nitrogens is 3. The number of halogens is 3. The molecular formula is C44H94Br3N3. The van der Waals surface area contributed by atoms with Crippen LogP contribution in [0.1, 0.15) is 194 Å². The van der Waals surface area contributed by atoms with Gasteiger partial charge >= 0.3 is 0 Å². The zero-order valence-electron chi connectivity index (χ0n) is 35.5. The number of unbranched alkanes of at least 4 members (excludes halogenated alkanes) is 26. The lowest BCUT2D eigenvalue weighted by Gasteiger charge is -2.40. The molecule has 0 spiro atoms. The molecule has 6 heteroatoms. The Morgan fingerprint density at radius 1 is 0.320 bits per heavy atom. The first kappa shape index (κ1) is 57.8. The molecule has 0 aromatic heterocycles. The Labute approximate surface area is 349 Å². The summed E-state index contributed by atoms with van der Waals surface area (Å²) in [5.41, 5.74) is 0. The van der Waals surface area contributed by atoms with Gasteiger partial charge in [0, 0.05) is 0 Å². The maximum atomic E-state index is 4.15. The molecule has 0 bridgehead atoms. The lowest BCUT2D eigenvalue weighted by molar-refractivity contribution is -0.974.